The second-order valence-electron chi connectivity index (χ2n) is 7.37. The van der Waals surface area contributed by atoms with Crippen LogP contribution in [0, 0.1) is 0 Å². The van der Waals surface area contributed by atoms with Crippen LogP contribution in [0.1, 0.15) is 46.4 Å². The molecule has 2 heterocycles. The van der Waals surface area contributed by atoms with Crippen LogP contribution in [0.25, 0.3) is 0 Å². The minimum absolute atomic E-state index is 0.113. The smallest absolute Gasteiger partial charge is 0.254 e. The molecule has 0 atom stereocenters. The van der Waals surface area contributed by atoms with Crippen molar-refractivity contribution in [3.63, 3.8) is 0 Å². The Balaban J connectivity index is 1.49. The molecule has 0 saturated carbocycles. The molecule has 1 saturated heterocycles. The van der Waals surface area contributed by atoms with E-state index < -0.39 is 0 Å². The van der Waals surface area contributed by atoms with Gasteiger partial charge in [0.15, 0.2) is 5.96 Å². The van der Waals surface area contributed by atoms with Gasteiger partial charge in [-0.3, -0.25) is 14.6 Å². The average Bonchev–Trinajstić information content (AvgIpc) is 3.23. The topological polar surface area (TPSA) is 98.7 Å². The highest BCUT2D eigenvalue weighted by molar-refractivity contribution is 7.09. The summed E-state index contributed by atoms with van der Waals surface area (Å²) < 4.78 is 0. The van der Waals surface area contributed by atoms with Gasteiger partial charge in [0, 0.05) is 37.6 Å². The van der Waals surface area contributed by atoms with Crippen LogP contribution in [-0.2, 0) is 17.9 Å². The Morgan fingerprint density at radius 1 is 1.27 bits per heavy atom. The van der Waals surface area contributed by atoms with E-state index in [1.54, 1.807) is 35.4 Å². The quantitative estimate of drug-likeness (QED) is 0.481. The molecule has 3 N–H and O–H groups in total. The highest BCUT2D eigenvalue weighted by Crippen LogP contribution is 2.17. The van der Waals surface area contributed by atoms with Gasteiger partial charge in [0.05, 0.1) is 18.8 Å². The number of hydrogen-bond acceptors (Lipinski definition) is 5. The van der Waals surface area contributed by atoms with Gasteiger partial charge in [0.1, 0.15) is 5.01 Å². The molecule has 1 aromatic carbocycles. The van der Waals surface area contributed by atoms with Crippen LogP contribution >= 0.6 is 11.3 Å². The van der Waals surface area contributed by atoms with Gasteiger partial charge in [-0.15, -0.1) is 11.3 Å². The lowest BCUT2D eigenvalue weighted by molar-refractivity contribution is -0.123. The third kappa shape index (κ3) is 5.79. The predicted octanol–water partition coefficient (Wildman–Crippen LogP) is 1.70. The Labute approximate surface area is 180 Å². The Morgan fingerprint density at radius 3 is 2.63 bits per heavy atom. The fraction of sp³-hybridized carbons (Fsp3) is 0.429. The highest BCUT2D eigenvalue weighted by atomic mass is 32.1. The Bertz CT molecular complexity index is 906. The minimum atomic E-state index is -0.119. The molecule has 160 valence electrons. The summed E-state index contributed by atoms with van der Waals surface area (Å²) in [5.41, 5.74) is 2.72. The number of amides is 2. The number of rotatable bonds is 6. The van der Waals surface area contributed by atoms with Crippen LogP contribution in [0.4, 0.5) is 0 Å². The van der Waals surface area contributed by atoms with Crippen molar-refractivity contribution in [3.05, 3.63) is 51.5 Å². The van der Waals surface area contributed by atoms with Crippen LogP contribution in [-0.4, -0.2) is 54.3 Å². The average molecular weight is 429 g/mol. The number of nitrogens with one attached hydrogen (secondary N) is 3. The Kier molecular flexibility index (Phi) is 7.40. The number of carbonyl (C=O) groups is 2. The number of benzene rings is 1. The van der Waals surface area contributed by atoms with Crippen molar-refractivity contribution in [1.29, 1.82) is 0 Å². The maximum absolute atomic E-state index is 12.5. The fourth-order valence-electron chi connectivity index (χ4n) is 3.00. The van der Waals surface area contributed by atoms with Crippen molar-refractivity contribution in [2.24, 2.45) is 4.99 Å². The fourth-order valence-corrected chi connectivity index (χ4v) is 3.89. The van der Waals surface area contributed by atoms with Gasteiger partial charge < -0.3 is 20.9 Å². The van der Waals surface area contributed by atoms with E-state index in [4.69, 9.17) is 0 Å². The van der Waals surface area contributed by atoms with Crippen molar-refractivity contribution in [1.82, 2.24) is 25.8 Å². The molecular formula is C21H28N6O2S. The molecule has 0 aliphatic carbocycles. The minimum Gasteiger partial charge on any atom is -0.353 e. The largest absolute Gasteiger partial charge is 0.353 e. The van der Waals surface area contributed by atoms with Gasteiger partial charge in [-0.05, 0) is 23.6 Å². The SMILES string of the molecule is CN=C(NCc1ccc(C(=O)N2CCNC(=O)C2)cc1)NCc1nc(C(C)C)cs1. The summed E-state index contributed by atoms with van der Waals surface area (Å²) in [4.78, 5) is 34.4. The molecule has 1 aliphatic heterocycles. The van der Waals surface area contributed by atoms with E-state index in [0.717, 1.165) is 16.3 Å². The normalized spacial score (nSPS) is 14.6. The van der Waals surface area contributed by atoms with Crippen LogP contribution in [0.3, 0.4) is 0 Å². The summed E-state index contributed by atoms with van der Waals surface area (Å²) in [5, 5.41) is 12.4. The molecule has 30 heavy (non-hydrogen) atoms. The molecule has 0 unspecified atom stereocenters. The summed E-state index contributed by atoms with van der Waals surface area (Å²) in [5.74, 6) is 0.878. The Morgan fingerprint density at radius 2 is 2.00 bits per heavy atom. The first kappa shape index (κ1) is 21.8. The lowest BCUT2D eigenvalue weighted by Crippen LogP contribution is -2.49. The van der Waals surface area contributed by atoms with Gasteiger partial charge in [-0.2, -0.15) is 0 Å². The molecule has 1 fully saturated rings. The second-order valence-corrected chi connectivity index (χ2v) is 8.32. The molecule has 9 heteroatoms. The number of aliphatic imine (C=N–C) groups is 1. The maximum atomic E-state index is 12.5. The summed E-state index contributed by atoms with van der Waals surface area (Å²) in [6.45, 7) is 6.61. The number of piperazine rings is 1. The summed E-state index contributed by atoms with van der Waals surface area (Å²) in [6.07, 6.45) is 0. The molecule has 1 aromatic heterocycles. The Hall–Kier alpha value is -2.94. The van der Waals surface area contributed by atoms with E-state index in [1.165, 1.54) is 0 Å². The van der Waals surface area contributed by atoms with E-state index >= 15 is 0 Å². The maximum Gasteiger partial charge on any atom is 0.254 e. The zero-order valence-corrected chi connectivity index (χ0v) is 18.4. The van der Waals surface area contributed by atoms with E-state index in [2.05, 4.69) is 45.2 Å². The standard InChI is InChI=1S/C21H28N6O2S/c1-14(2)17-13-30-19(26-17)11-25-21(22-3)24-10-15-4-6-16(7-5-15)20(29)27-9-8-23-18(28)12-27/h4-7,13-14H,8-12H2,1-3H3,(H,23,28)(H2,22,24,25). The van der Waals surface area contributed by atoms with Crippen molar-refractivity contribution < 1.29 is 9.59 Å². The van der Waals surface area contributed by atoms with Gasteiger partial charge >= 0.3 is 0 Å². The van der Waals surface area contributed by atoms with E-state index in [1.807, 2.05) is 12.1 Å². The first-order chi connectivity index (χ1) is 14.5. The van der Waals surface area contributed by atoms with Crippen LogP contribution in [0.5, 0.6) is 0 Å². The zero-order chi connectivity index (χ0) is 21.5. The first-order valence-electron chi connectivity index (χ1n) is 10.00. The molecule has 3 rings (SSSR count). The van der Waals surface area contributed by atoms with Crippen LogP contribution in [0.2, 0.25) is 0 Å². The molecule has 0 radical (unpaired) electrons. The van der Waals surface area contributed by atoms with Crippen molar-refractivity contribution in [2.75, 3.05) is 26.7 Å². The summed E-state index contributed by atoms with van der Waals surface area (Å²) in [7, 11) is 1.73. The molecular weight excluding hydrogens is 400 g/mol. The van der Waals surface area contributed by atoms with Gasteiger partial charge in [-0.1, -0.05) is 26.0 Å². The molecule has 0 spiro atoms. The first-order valence-corrected chi connectivity index (χ1v) is 10.9. The number of thiazole rings is 1. The molecule has 2 aromatic rings. The van der Waals surface area contributed by atoms with Gasteiger partial charge in [0.25, 0.3) is 5.91 Å². The molecule has 2 amide bonds. The third-order valence-electron chi connectivity index (χ3n) is 4.78. The van der Waals surface area contributed by atoms with Crippen molar-refractivity contribution in [2.45, 2.75) is 32.9 Å². The van der Waals surface area contributed by atoms with E-state index in [0.29, 0.717) is 43.6 Å². The third-order valence-corrected chi connectivity index (χ3v) is 5.65. The lowest BCUT2D eigenvalue weighted by Gasteiger charge is -2.26. The summed E-state index contributed by atoms with van der Waals surface area (Å²) in [6, 6.07) is 7.41. The highest BCUT2D eigenvalue weighted by Gasteiger charge is 2.22. The van der Waals surface area contributed by atoms with Crippen LogP contribution < -0.4 is 16.0 Å². The summed E-state index contributed by atoms with van der Waals surface area (Å²) >= 11 is 1.64. The molecule has 8 nitrogen and oxygen atoms in total. The van der Waals surface area contributed by atoms with E-state index in [9.17, 15) is 9.59 Å². The number of hydrogen-bond donors (Lipinski definition) is 3. The van der Waals surface area contributed by atoms with Crippen molar-refractivity contribution in [3.8, 4) is 0 Å². The lowest BCUT2D eigenvalue weighted by atomic mass is 10.1. The second kappa shape index (κ2) is 10.2. The number of aromatic nitrogens is 1. The van der Waals surface area contributed by atoms with Gasteiger partial charge in [0.2, 0.25) is 5.91 Å². The molecule has 1 aliphatic rings. The van der Waals surface area contributed by atoms with Crippen molar-refractivity contribution >= 4 is 29.1 Å². The number of nitrogens with zero attached hydrogens (tertiary/aromatic N) is 3. The number of guanidine groups is 1. The van der Waals surface area contributed by atoms with Gasteiger partial charge in [-0.25, -0.2) is 4.98 Å². The molecule has 0 bridgehead atoms. The number of carbonyl (C=O) groups excluding carboxylic acids is 2. The predicted molar refractivity (Wildman–Crippen MR) is 119 cm³/mol. The zero-order valence-electron chi connectivity index (χ0n) is 17.6. The monoisotopic (exact) mass is 428 g/mol. The van der Waals surface area contributed by atoms with E-state index in [-0.39, 0.29) is 18.4 Å². The van der Waals surface area contributed by atoms with Crippen LogP contribution in [0.15, 0.2) is 34.6 Å².